The van der Waals surface area contributed by atoms with E-state index >= 15 is 0 Å². The van der Waals surface area contributed by atoms with Crippen LogP contribution in [0.4, 0.5) is 8.78 Å². The second kappa shape index (κ2) is 6.96. The summed E-state index contributed by atoms with van der Waals surface area (Å²) in [6.07, 6.45) is 1.18. The zero-order chi connectivity index (χ0) is 13.1. The fourth-order valence-corrected chi connectivity index (χ4v) is 1.37. The van der Waals surface area contributed by atoms with Crippen molar-refractivity contribution in [2.24, 2.45) is 5.73 Å². The van der Waals surface area contributed by atoms with Crippen LogP contribution in [0, 0.1) is 0 Å². The normalized spacial score (nSPS) is 12.5. The minimum atomic E-state index is -3.77. The van der Waals surface area contributed by atoms with Gasteiger partial charge in [0.25, 0.3) is 0 Å². The van der Waals surface area contributed by atoms with Gasteiger partial charge in [-0.2, -0.15) is 8.78 Å². The van der Waals surface area contributed by atoms with Gasteiger partial charge in [0, 0.05) is 6.20 Å². The lowest BCUT2D eigenvalue weighted by Gasteiger charge is -2.21. The number of rotatable bonds is 4. The molecule has 0 saturated heterocycles. The first kappa shape index (κ1) is 17.2. The number of hydrogen-bond acceptors (Lipinski definition) is 4. The van der Waals surface area contributed by atoms with Crippen LogP contribution in [0.25, 0.3) is 0 Å². The number of carbonyl (C=O) groups excluding carboxylic acids is 1. The SMILES string of the molecule is CCOC(=O)C(F)(F)[C@@H](N)c1ccc(Br)nc1.Cl. The fraction of sp³-hybridized carbons (Fsp3) is 0.400. The van der Waals surface area contributed by atoms with Crippen LogP contribution in [0.3, 0.4) is 0 Å². The number of esters is 1. The van der Waals surface area contributed by atoms with Crippen LogP contribution in [0.2, 0.25) is 0 Å². The zero-order valence-corrected chi connectivity index (χ0v) is 11.8. The summed E-state index contributed by atoms with van der Waals surface area (Å²) in [5, 5.41) is 0. The van der Waals surface area contributed by atoms with E-state index in [1.165, 1.54) is 25.3 Å². The molecule has 1 aromatic rings. The first-order valence-corrected chi connectivity index (χ1v) is 5.61. The van der Waals surface area contributed by atoms with Crippen LogP contribution in [-0.4, -0.2) is 23.5 Å². The summed E-state index contributed by atoms with van der Waals surface area (Å²) in [6, 6.07) is 1.06. The Hall–Kier alpha value is -0.790. The third-order valence-corrected chi connectivity index (χ3v) is 2.52. The van der Waals surface area contributed by atoms with E-state index in [2.05, 4.69) is 25.7 Å². The number of carbonyl (C=O) groups is 1. The van der Waals surface area contributed by atoms with E-state index in [0.717, 1.165) is 0 Å². The molecule has 1 aromatic heterocycles. The van der Waals surface area contributed by atoms with E-state index in [0.29, 0.717) is 4.60 Å². The molecule has 4 nitrogen and oxygen atoms in total. The molecule has 0 fully saturated rings. The van der Waals surface area contributed by atoms with Crippen LogP contribution >= 0.6 is 28.3 Å². The lowest BCUT2D eigenvalue weighted by atomic mass is 10.0. The molecule has 1 heterocycles. The highest BCUT2D eigenvalue weighted by Gasteiger charge is 2.47. The molecule has 8 heteroatoms. The van der Waals surface area contributed by atoms with Gasteiger partial charge in [0.2, 0.25) is 0 Å². The second-order valence-corrected chi connectivity index (χ2v) is 4.05. The third kappa shape index (κ3) is 3.86. The average Bonchev–Trinajstić information content (AvgIpc) is 2.29. The largest absolute Gasteiger partial charge is 0.462 e. The molecule has 18 heavy (non-hydrogen) atoms. The zero-order valence-electron chi connectivity index (χ0n) is 9.40. The van der Waals surface area contributed by atoms with Gasteiger partial charge in [-0.25, -0.2) is 9.78 Å². The van der Waals surface area contributed by atoms with Crippen molar-refractivity contribution in [2.75, 3.05) is 6.61 Å². The highest BCUT2D eigenvalue weighted by atomic mass is 79.9. The highest BCUT2D eigenvalue weighted by molar-refractivity contribution is 9.10. The minimum Gasteiger partial charge on any atom is -0.462 e. The van der Waals surface area contributed by atoms with E-state index in [1.54, 1.807) is 0 Å². The van der Waals surface area contributed by atoms with E-state index in [4.69, 9.17) is 5.73 Å². The predicted molar refractivity (Wildman–Crippen MR) is 67.7 cm³/mol. The molecule has 0 amide bonds. The van der Waals surface area contributed by atoms with Crippen molar-refractivity contribution >= 4 is 34.3 Å². The van der Waals surface area contributed by atoms with Gasteiger partial charge in [-0.15, -0.1) is 12.4 Å². The quantitative estimate of drug-likeness (QED) is 0.672. The second-order valence-electron chi connectivity index (χ2n) is 3.24. The summed E-state index contributed by atoms with van der Waals surface area (Å²) in [6.45, 7) is 1.32. The molecular weight excluding hydrogens is 333 g/mol. The summed E-state index contributed by atoms with van der Waals surface area (Å²) < 4.78 is 31.9. The van der Waals surface area contributed by atoms with Crippen molar-refractivity contribution in [1.82, 2.24) is 4.98 Å². The molecule has 0 aromatic carbocycles. The third-order valence-electron chi connectivity index (χ3n) is 2.05. The number of halogens is 4. The first-order valence-electron chi connectivity index (χ1n) is 4.81. The lowest BCUT2D eigenvalue weighted by molar-refractivity contribution is -0.174. The Balaban J connectivity index is 0.00000289. The molecule has 0 aliphatic rings. The first-order chi connectivity index (χ1) is 7.89. The summed E-state index contributed by atoms with van der Waals surface area (Å²) in [7, 11) is 0. The standard InChI is InChI=1S/C10H11BrF2N2O2.ClH/c1-2-17-9(16)10(12,13)8(14)6-3-4-7(11)15-5-6;/h3-5,8H,2,14H2,1H3;1H/t8-;/m0./s1. The summed E-state index contributed by atoms with van der Waals surface area (Å²) in [4.78, 5) is 14.8. The van der Waals surface area contributed by atoms with Gasteiger partial charge >= 0.3 is 11.9 Å². The van der Waals surface area contributed by atoms with Crippen LogP contribution in [0.1, 0.15) is 18.5 Å². The number of nitrogens with zero attached hydrogens (tertiary/aromatic N) is 1. The Morgan fingerprint density at radius 3 is 2.67 bits per heavy atom. The molecular formula is C10H12BrClF2N2O2. The number of alkyl halides is 2. The molecule has 102 valence electrons. The Labute approximate surface area is 117 Å². The number of nitrogens with two attached hydrogens (primary N) is 1. The number of ether oxygens (including phenoxy) is 1. The van der Waals surface area contributed by atoms with Crippen LogP contribution in [-0.2, 0) is 9.53 Å². The van der Waals surface area contributed by atoms with Crippen LogP contribution in [0.5, 0.6) is 0 Å². The maximum Gasteiger partial charge on any atom is 0.379 e. The molecule has 0 radical (unpaired) electrons. The maximum atomic E-state index is 13.5. The smallest absolute Gasteiger partial charge is 0.379 e. The van der Waals surface area contributed by atoms with Crippen molar-refractivity contribution < 1.29 is 18.3 Å². The molecule has 1 rings (SSSR count). The van der Waals surface area contributed by atoms with Crippen molar-refractivity contribution in [2.45, 2.75) is 18.9 Å². The molecule has 0 aliphatic heterocycles. The molecule has 0 unspecified atom stereocenters. The Bertz CT molecular complexity index is 403. The van der Waals surface area contributed by atoms with Crippen LogP contribution < -0.4 is 5.73 Å². The monoisotopic (exact) mass is 344 g/mol. The molecule has 1 atom stereocenters. The molecule has 0 aliphatic carbocycles. The fourth-order valence-electron chi connectivity index (χ4n) is 1.13. The maximum absolute atomic E-state index is 13.5. The topological polar surface area (TPSA) is 65.2 Å². The Morgan fingerprint density at radius 2 is 2.22 bits per heavy atom. The number of aromatic nitrogens is 1. The van der Waals surface area contributed by atoms with Gasteiger partial charge in [-0.05, 0) is 34.5 Å². The minimum absolute atomic E-state index is 0. The molecule has 0 spiro atoms. The molecule has 0 bridgehead atoms. The van der Waals surface area contributed by atoms with Crippen molar-refractivity contribution in [1.29, 1.82) is 0 Å². The summed E-state index contributed by atoms with van der Waals surface area (Å²) in [5.74, 6) is -5.40. The predicted octanol–water partition coefficient (Wildman–Crippen LogP) is 2.46. The lowest BCUT2D eigenvalue weighted by Crippen LogP contribution is -2.41. The molecule has 0 saturated carbocycles. The summed E-state index contributed by atoms with van der Waals surface area (Å²) >= 11 is 3.07. The van der Waals surface area contributed by atoms with Gasteiger partial charge in [-0.3, -0.25) is 0 Å². The van der Waals surface area contributed by atoms with E-state index in [9.17, 15) is 13.6 Å². The number of pyridine rings is 1. The average molecular weight is 346 g/mol. The molecule has 2 N–H and O–H groups in total. The van der Waals surface area contributed by atoms with Gasteiger partial charge in [0.1, 0.15) is 10.6 Å². The van der Waals surface area contributed by atoms with Crippen molar-refractivity contribution in [3.8, 4) is 0 Å². The van der Waals surface area contributed by atoms with E-state index < -0.39 is 17.9 Å². The van der Waals surface area contributed by atoms with Gasteiger partial charge in [0.15, 0.2) is 0 Å². The van der Waals surface area contributed by atoms with Gasteiger partial charge in [-0.1, -0.05) is 6.07 Å². The van der Waals surface area contributed by atoms with E-state index in [1.807, 2.05) is 0 Å². The van der Waals surface area contributed by atoms with Crippen molar-refractivity contribution in [3.05, 3.63) is 28.5 Å². The van der Waals surface area contributed by atoms with E-state index in [-0.39, 0.29) is 24.6 Å². The number of hydrogen-bond donors (Lipinski definition) is 1. The highest BCUT2D eigenvalue weighted by Crippen LogP contribution is 2.30. The van der Waals surface area contributed by atoms with Crippen molar-refractivity contribution in [3.63, 3.8) is 0 Å². The summed E-state index contributed by atoms with van der Waals surface area (Å²) in [5.41, 5.74) is 5.41. The van der Waals surface area contributed by atoms with Gasteiger partial charge in [0.05, 0.1) is 6.61 Å². The van der Waals surface area contributed by atoms with Crippen LogP contribution in [0.15, 0.2) is 22.9 Å². The van der Waals surface area contributed by atoms with Gasteiger partial charge < -0.3 is 10.5 Å². The Kier molecular flexibility index (Phi) is 6.66. The Morgan fingerprint density at radius 1 is 1.61 bits per heavy atom.